The highest BCUT2D eigenvalue weighted by Crippen LogP contribution is 2.16. The second-order valence-electron chi connectivity index (χ2n) is 5.82. The molecule has 0 unspecified atom stereocenters. The number of carbonyl (C=O) groups excluding carboxylic acids is 2. The van der Waals surface area contributed by atoms with Gasteiger partial charge < -0.3 is 14.5 Å². The summed E-state index contributed by atoms with van der Waals surface area (Å²) in [5.74, 6) is 0.739. The summed E-state index contributed by atoms with van der Waals surface area (Å²) in [5.41, 5.74) is 1.33. The van der Waals surface area contributed by atoms with Crippen LogP contribution in [0.15, 0.2) is 48.5 Å². The third kappa shape index (κ3) is 4.12. The van der Waals surface area contributed by atoms with Crippen molar-refractivity contribution in [2.75, 3.05) is 33.3 Å². The Balaban J connectivity index is 1.61. The molecule has 0 aromatic heterocycles. The van der Waals surface area contributed by atoms with E-state index in [1.165, 1.54) is 0 Å². The van der Waals surface area contributed by atoms with E-state index < -0.39 is 0 Å². The smallest absolute Gasteiger partial charge is 0.254 e. The number of ether oxygens (including phenoxy) is 1. The monoisotopic (exact) mass is 450 g/mol. The largest absolute Gasteiger partial charge is 0.497 e. The lowest BCUT2D eigenvalue weighted by molar-refractivity contribution is 0.0535. The van der Waals surface area contributed by atoms with E-state index in [9.17, 15) is 9.59 Å². The number of rotatable bonds is 3. The molecule has 0 saturated carbocycles. The molecule has 1 aliphatic rings. The third-order valence-corrected chi connectivity index (χ3v) is 4.93. The minimum absolute atomic E-state index is 0.0102. The molecule has 1 heterocycles. The van der Waals surface area contributed by atoms with Gasteiger partial charge in [0.15, 0.2) is 0 Å². The molecule has 2 aromatic rings. The fourth-order valence-electron chi connectivity index (χ4n) is 2.83. The van der Waals surface area contributed by atoms with Crippen LogP contribution in [0.1, 0.15) is 20.7 Å². The van der Waals surface area contributed by atoms with Crippen LogP contribution in [0, 0.1) is 3.57 Å². The van der Waals surface area contributed by atoms with Gasteiger partial charge in [0.25, 0.3) is 11.8 Å². The maximum atomic E-state index is 12.6. The summed E-state index contributed by atoms with van der Waals surface area (Å²) < 4.78 is 6.15. The van der Waals surface area contributed by atoms with E-state index in [2.05, 4.69) is 22.6 Å². The van der Waals surface area contributed by atoms with Crippen molar-refractivity contribution in [2.45, 2.75) is 0 Å². The first-order valence-corrected chi connectivity index (χ1v) is 9.14. The average molecular weight is 450 g/mol. The van der Waals surface area contributed by atoms with Crippen LogP contribution in [-0.2, 0) is 0 Å². The average Bonchev–Trinajstić information content (AvgIpc) is 2.67. The van der Waals surface area contributed by atoms with Crippen molar-refractivity contribution in [3.63, 3.8) is 0 Å². The van der Waals surface area contributed by atoms with Gasteiger partial charge in [-0.15, -0.1) is 0 Å². The number of halogens is 1. The van der Waals surface area contributed by atoms with E-state index in [0.717, 1.165) is 9.32 Å². The molecular weight excluding hydrogens is 431 g/mol. The number of methoxy groups -OCH3 is 1. The minimum Gasteiger partial charge on any atom is -0.497 e. The second-order valence-corrected chi connectivity index (χ2v) is 7.07. The Labute approximate surface area is 160 Å². The quantitative estimate of drug-likeness (QED) is 0.676. The maximum Gasteiger partial charge on any atom is 0.254 e. The predicted octanol–water partition coefficient (Wildman–Crippen LogP) is 2.90. The lowest BCUT2D eigenvalue weighted by atomic mass is 10.1. The first-order chi connectivity index (χ1) is 12.1. The molecule has 2 amide bonds. The van der Waals surface area contributed by atoms with E-state index in [0.29, 0.717) is 37.3 Å². The second kappa shape index (κ2) is 7.86. The van der Waals surface area contributed by atoms with Crippen LogP contribution in [0.5, 0.6) is 5.75 Å². The zero-order valence-corrected chi connectivity index (χ0v) is 16.1. The number of piperazine rings is 1. The van der Waals surface area contributed by atoms with E-state index in [1.807, 2.05) is 29.2 Å². The molecule has 1 fully saturated rings. The summed E-state index contributed by atoms with van der Waals surface area (Å²) in [6, 6.07) is 14.7. The van der Waals surface area contributed by atoms with Gasteiger partial charge in [0.05, 0.1) is 7.11 Å². The maximum absolute atomic E-state index is 12.6. The van der Waals surface area contributed by atoms with Crippen molar-refractivity contribution in [1.82, 2.24) is 9.80 Å². The van der Waals surface area contributed by atoms with E-state index in [1.54, 1.807) is 36.3 Å². The summed E-state index contributed by atoms with van der Waals surface area (Å²) in [7, 11) is 1.60. The zero-order valence-electron chi connectivity index (χ0n) is 13.9. The molecule has 1 aliphatic heterocycles. The molecule has 5 nitrogen and oxygen atoms in total. The molecule has 0 spiro atoms. The summed E-state index contributed by atoms with van der Waals surface area (Å²) >= 11 is 2.20. The molecule has 3 rings (SSSR count). The number of hydrogen-bond donors (Lipinski definition) is 0. The third-order valence-electron chi connectivity index (χ3n) is 4.26. The van der Waals surface area contributed by atoms with Crippen molar-refractivity contribution >= 4 is 34.4 Å². The van der Waals surface area contributed by atoms with Gasteiger partial charge in [-0.2, -0.15) is 0 Å². The van der Waals surface area contributed by atoms with E-state index in [-0.39, 0.29) is 11.8 Å². The van der Waals surface area contributed by atoms with Gasteiger partial charge in [-0.25, -0.2) is 0 Å². The summed E-state index contributed by atoms with van der Waals surface area (Å²) in [4.78, 5) is 28.7. The van der Waals surface area contributed by atoms with Crippen LogP contribution < -0.4 is 4.74 Å². The summed E-state index contributed by atoms with van der Waals surface area (Å²) in [5, 5.41) is 0. The fraction of sp³-hybridized carbons (Fsp3) is 0.263. The number of benzene rings is 2. The highest BCUT2D eigenvalue weighted by atomic mass is 127. The Morgan fingerprint density at radius 1 is 0.880 bits per heavy atom. The Hall–Kier alpha value is -2.09. The van der Waals surface area contributed by atoms with Crippen LogP contribution in [0.25, 0.3) is 0 Å². The van der Waals surface area contributed by atoms with E-state index in [4.69, 9.17) is 4.74 Å². The minimum atomic E-state index is -0.0102. The number of nitrogens with zero attached hydrogens (tertiary/aromatic N) is 2. The van der Waals surface area contributed by atoms with Crippen molar-refractivity contribution < 1.29 is 14.3 Å². The van der Waals surface area contributed by atoms with Crippen LogP contribution in [-0.4, -0.2) is 54.9 Å². The summed E-state index contributed by atoms with van der Waals surface area (Å²) in [6.07, 6.45) is 0. The Bertz CT molecular complexity index is 768. The van der Waals surface area contributed by atoms with Gasteiger partial charge in [0.1, 0.15) is 5.75 Å². The van der Waals surface area contributed by atoms with Gasteiger partial charge in [-0.05, 0) is 65.1 Å². The van der Waals surface area contributed by atoms with Gasteiger partial charge in [-0.1, -0.05) is 6.07 Å². The first-order valence-electron chi connectivity index (χ1n) is 8.06. The molecule has 0 radical (unpaired) electrons. The number of amides is 2. The van der Waals surface area contributed by atoms with Crippen LogP contribution in [0.2, 0.25) is 0 Å². The topological polar surface area (TPSA) is 49.9 Å². The lowest BCUT2D eigenvalue weighted by Crippen LogP contribution is -2.50. The summed E-state index contributed by atoms with van der Waals surface area (Å²) in [6.45, 7) is 2.18. The predicted molar refractivity (Wildman–Crippen MR) is 104 cm³/mol. The lowest BCUT2D eigenvalue weighted by Gasteiger charge is -2.35. The highest BCUT2D eigenvalue weighted by Gasteiger charge is 2.25. The molecule has 6 heteroatoms. The molecule has 0 N–H and O–H groups in total. The standard InChI is InChI=1S/C19H19IN2O3/c1-25-17-7-5-14(6-8-17)18(23)21-9-11-22(12-10-21)19(24)15-3-2-4-16(20)13-15/h2-8,13H,9-12H2,1H3. The SMILES string of the molecule is COc1ccc(C(=O)N2CCN(C(=O)c3cccc(I)c3)CC2)cc1. The Morgan fingerprint density at radius 2 is 1.44 bits per heavy atom. The first kappa shape index (κ1) is 17.7. The number of hydrogen-bond acceptors (Lipinski definition) is 3. The molecule has 0 atom stereocenters. The van der Waals surface area contributed by atoms with Gasteiger partial charge in [-0.3, -0.25) is 9.59 Å². The van der Waals surface area contributed by atoms with Crippen molar-refractivity contribution in [3.05, 3.63) is 63.2 Å². The number of carbonyl (C=O) groups is 2. The van der Waals surface area contributed by atoms with Crippen LogP contribution in [0.4, 0.5) is 0 Å². The van der Waals surface area contributed by atoms with E-state index >= 15 is 0 Å². The van der Waals surface area contributed by atoms with Crippen LogP contribution in [0.3, 0.4) is 0 Å². The molecule has 0 bridgehead atoms. The molecule has 25 heavy (non-hydrogen) atoms. The van der Waals surface area contributed by atoms with Crippen molar-refractivity contribution in [3.8, 4) is 5.75 Å². The molecule has 1 saturated heterocycles. The molecule has 2 aromatic carbocycles. The van der Waals surface area contributed by atoms with Crippen LogP contribution >= 0.6 is 22.6 Å². The van der Waals surface area contributed by atoms with Gasteiger partial charge >= 0.3 is 0 Å². The Morgan fingerprint density at radius 3 is 1.96 bits per heavy atom. The van der Waals surface area contributed by atoms with Gasteiger partial charge in [0.2, 0.25) is 0 Å². The van der Waals surface area contributed by atoms with Gasteiger partial charge in [0, 0.05) is 40.9 Å². The molecule has 130 valence electrons. The Kier molecular flexibility index (Phi) is 5.57. The highest BCUT2D eigenvalue weighted by molar-refractivity contribution is 14.1. The van der Waals surface area contributed by atoms with Crippen molar-refractivity contribution in [2.24, 2.45) is 0 Å². The van der Waals surface area contributed by atoms with Crippen molar-refractivity contribution in [1.29, 1.82) is 0 Å². The normalized spacial score (nSPS) is 14.3. The molecular formula is C19H19IN2O3. The zero-order chi connectivity index (χ0) is 17.8. The fourth-order valence-corrected chi connectivity index (χ4v) is 3.38. The molecule has 0 aliphatic carbocycles.